The second-order valence-electron chi connectivity index (χ2n) is 8.12. The van der Waals surface area contributed by atoms with E-state index in [1.165, 1.54) is 17.7 Å². The number of amides is 2. The summed E-state index contributed by atoms with van der Waals surface area (Å²) in [5.74, 6) is -0.658. The predicted octanol–water partition coefficient (Wildman–Crippen LogP) is 3.08. The molecular formula is C23H25ClFN3O2. The molecule has 0 aromatic heterocycles. The van der Waals surface area contributed by atoms with Gasteiger partial charge in [-0.1, -0.05) is 41.9 Å². The fraction of sp³-hybridized carbons (Fsp3) is 0.391. The van der Waals surface area contributed by atoms with Crippen molar-refractivity contribution in [3.63, 3.8) is 0 Å². The molecule has 0 atom stereocenters. The van der Waals surface area contributed by atoms with Crippen LogP contribution in [0.4, 0.5) is 4.39 Å². The first kappa shape index (κ1) is 20.8. The lowest BCUT2D eigenvalue weighted by Gasteiger charge is -2.34. The molecule has 0 bridgehead atoms. The molecule has 2 aromatic carbocycles. The minimum Gasteiger partial charge on any atom is -0.354 e. The van der Waals surface area contributed by atoms with Crippen LogP contribution in [-0.4, -0.2) is 60.9 Å². The Morgan fingerprint density at radius 2 is 1.73 bits per heavy atom. The highest BCUT2D eigenvalue weighted by molar-refractivity contribution is 6.33. The monoisotopic (exact) mass is 429 g/mol. The van der Waals surface area contributed by atoms with Gasteiger partial charge in [0.05, 0.1) is 17.1 Å². The van der Waals surface area contributed by atoms with E-state index < -0.39 is 5.82 Å². The van der Waals surface area contributed by atoms with Gasteiger partial charge in [0, 0.05) is 38.1 Å². The van der Waals surface area contributed by atoms with Crippen molar-refractivity contribution in [2.45, 2.75) is 18.3 Å². The van der Waals surface area contributed by atoms with Crippen molar-refractivity contribution in [2.24, 2.45) is 0 Å². The Labute approximate surface area is 180 Å². The molecular weight excluding hydrogens is 405 g/mol. The van der Waals surface area contributed by atoms with Gasteiger partial charge in [-0.3, -0.25) is 14.5 Å². The van der Waals surface area contributed by atoms with Gasteiger partial charge < -0.3 is 10.2 Å². The molecule has 158 valence electrons. The summed E-state index contributed by atoms with van der Waals surface area (Å²) < 4.78 is 13.2. The Balaban J connectivity index is 1.24. The van der Waals surface area contributed by atoms with Crippen LogP contribution in [0.1, 0.15) is 28.8 Å². The van der Waals surface area contributed by atoms with Crippen LogP contribution >= 0.6 is 11.6 Å². The van der Waals surface area contributed by atoms with Gasteiger partial charge in [-0.15, -0.1) is 0 Å². The number of carbonyl (C=O) groups excluding carboxylic acids is 2. The third kappa shape index (κ3) is 4.65. The zero-order valence-electron chi connectivity index (χ0n) is 16.7. The first-order valence-corrected chi connectivity index (χ1v) is 10.6. The van der Waals surface area contributed by atoms with E-state index in [4.69, 9.17) is 11.6 Å². The first-order valence-electron chi connectivity index (χ1n) is 10.3. The van der Waals surface area contributed by atoms with Gasteiger partial charge in [0.15, 0.2) is 0 Å². The van der Waals surface area contributed by atoms with Gasteiger partial charge in [0.25, 0.3) is 5.91 Å². The minimum atomic E-state index is -0.465. The lowest BCUT2D eigenvalue weighted by Crippen LogP contribution is -2.51. The second kappa shape index (κ2) is 8.74. The van der Waals surface area contributed by atoms with Gasteiger partial charge in [-0.2, -0.15) is 0 Å². The molecule has 2 aliphatic rings. The van der Waals surface area contributed by atoms with Crippen LogP contribution in [0.3, 0.4) is 0 Å². The number of carbonyl (C=O) groups is 2. The average Bonchev–Trinajstić information content (AvgIpc) is 3.54. The van der Waals surface area contributed by atoms with Gasteiger partial charge in [0.2, 0.25) is 5.91 Å². The fourth-order valence-corrected chi connectivity index (χ4v) is 4.23. The van der Waals surface area contributed by atoms with Crippen LogP contribution in [0.15, 0.2) is 48.5 Å². The smallest absolute Gasteiger partial charge is 0.255 e. The zero-order chi connectivity index (χ0) is 21.1. The lowest BCUT2D eigenvalue weighted by atomic mass is 9.96. The third-order valence-corrected chi connectivity index (χ3v) is 6.36. The van der Waals surface area contributed by atoms with Crippen molar-refractivity contribution in [1.82, 2.24) is 15.1 Å². The Morgan fingerprint density at radius 3 is 2.37 bits per heavy atom. The molecule has 1 heterocycles. The standard InChI is InChI=1S/C23H25ClFN3O2/c24-20-14-18(25)6-7-19(20)22(30)28-12-10-27(11-13-28)15-21(29)26-16-23(8-9-23)17-4-2-1-3-5-17/h1-7,14H,8-13,15-16H2,(H,26,29). The zero-order valence-corrected chi connectivity index (χ0v) is 17.5. The van der Waals surface area contributed by atoms with Crippen LogP contribution < -0.4 is 5.32 Å². The van der Waals surface area contributed by atoms with Crippen LogP contribution in [0.5, 0.6) is 0 Å². The second-order valence-corrected chi connectivity index (χ2v) is 8.52. The molecule has 0 spiro atoms. The highest BCUT2D eigenvalue weighted by Crippen LogP contribution is 2.47. The molecule has 1 aliphatic heterocycles. The molecule has 2 fully saturated rings. The number of piperazine rings is 1. The molecule has 30 heavy (non-hydrogen) atoms. The van der Waals surface area contributed by atoms with Gasteiger partial charge in [-0.25, -0.2) is 4.39 Å². The number of halogens is 2. The maximum atomic E-state index is 13.2. The van der Waals surface area contributed by atoms with Crippen molar-refractivity contribution in [2.75, 3.05) is 39.3 Å². The van der Waals surface area contributed by atoms with Crippen molar-refractivity contribution in [3.05, 3.63) is 70.5 Å². The summed E-state index contributed by atoms with van der Waals surface area (Å²) >= 11 is 6.01. The van der Waals surface area contributed by atoms with Gasteiger partial charge in [-0.05, 0) is 36.6 Å². The number of benzene rings is 2. The van der Waals surface area contributed by atoms with E-state index in [9.17, 15) is 14.0 Å². The van der Waals surface area contributed by atoms with Crippen molar-refractivity contribution < 1.29 is 14.0 Å². The van der Waals surface area contributed by atoms with Crippen LogP contribution in [-0.2, 0) is 10.2 Å². The number of hydrogen-bond donors (Lipinski definition) is 1. The lowest BCUT2D eigenvalue weighted by molar-refractivity contribution is -0.122. The number of rotatable bonds is 6. The number of hydrogen-bond acceptors (Lipinski definition) is 3. The Hall–Kier alpha value is -2.44. The Kier molecular flexibility index (Phi) is 6.06. The summed E-state index contributed by atoms with van der Waals surface area (Å²) in [5.41, 5.74) is 1.69. The molecule has 5 nitrogen and oxygen atoms in total. The molecule has 1 aliphatic carbocycles. The normalized spacial score (nSPS) is 18.1. The quantitative estimate of drug-likeness (QED) is 0.767. The van der Waals surface area contributed by atoms with E-state index in [-0.39, 0.29) is 22.3 Å². The van der Waals surface area contributed by atoms with Crippen LogP contribution in [0, 0.1) is 5.82 Å². The summed E-state index contributed by atoms with van der Waals surface area (Å²) in [7, 11) is 0. The molecule has 1 saturated heterocycles. The Bertz CT molecular complexity index is 925. The molecule has 7 heteroatoms. The fourth-order valence-electron chi connectivity index (χ4n) is 3.98. The summed E-state index contributed by atoms with van der Waals surface area (Å²) in [6, 6.07) is 14.1. The summed E-state index contributed by atoms with van der Waals surface area (Å²) in [5, 5.41) is 3.21. The van der Waals surface area contributed by atoms with Crippen molar-refractivity contribution in [3.8, 4) is 0 Å². The molecule has 0 unspecified atom stereocenters. The molecule has 1 N–H and O–H groups in total. The highest BCUT2D eigenvalue weighted by atomic mass is 35.5. The number of nitrogens with zero attached hydrogens (tertiary/aromatic N) is 2. The van der Waals surface area contributed by atoms with Gasteiger partial charge in [0.1, 0.15) is 5.82 Å². The maximum absolute atomic E-state index is 13.2. The maximum Gasteiger partial charge on any atom is 0.255 e. The molecule has 0 radical (unpaired) electrons. The van der Waals surface area contributed by atoms with Gasteiger partial charge >= 0.3 is 0 Å². The summed E-state index contributed by atoms with van der Waals surface area (Å²) in [6.45, 7) is 3.23. The van der Waals surface area contributed by atoms with E-state index in [1.807, 2.05) is 23.1 Å². The van der Waals surface area contributed by atoms with E-state index in [2.05, 4.69) is 17.4 Å². The molecule has 2 aromatic rings. The first-order chi connectivity index (χ1) is 14.5. The van der Waals surface area contributed by atoms with Crippen molar-refractivity contribution in [1.29, 1.82) is 0 Å². The summed E-state index contributed by atoms with van der Waals surface area (Å²) in [4.78, 5) is 28.8. The van der Waals surface area contributed by atoms with Crippen LogP contribution in [0.2, 0.25) is 5.02 Å². The topological polar surface area (TPSA) is 52.7 Å². The van der Waals surface area contributed by atoms with E-state index in [0.29, 0.717) is 44.8 Å². The number of nitrogens with one attached hydrogen (secondary N) is 1. The highest BCUT2D eigenvalue weighted by Gasteiger charge is 2.44. The minimum absolute atomic E-state index is 0.0126. The molecule has 1 saturated carbocycles. The van der Waals surface area contributed by atoms with Crippen molar-refractivity contribution >= 4 is 23.4 Å². The van der Waals surface area contributed by atoms with E-state index in [0.717, 1.165) is 18.9 Å². The van der Waals surface area contributed by atoms with E-state index >= 15 is 0 Å². The predicted molar refractivity (Wildman–Crippen MR) is 114 cm³/mol. The Morgan fingerprint density at radius 1 is 1.03 bits per heavy atom. The SMILES string of the molecule is O=C(CN1CCN(C(=O)c2ccc(F)cc2Cl)CC1)NCC1(c2ccccc2)CC1. The average molecular weight is 430 g/mol. The molecule has 4 rings (SSSR count). The summed E-state index contributed by atoms with van der Waals surface area (Å²) in [6.07, 6.45) is 2.20. The third-order valence-electron chi connectivity index (χ3n) is 6.05. The molecule has 2 amide bonds. The van der Waals surface area contributed by atoms with Crippen LogP contribution in [0.25, 0.3) is 0 Å². The van der Waals surface area contributed by atoms with E-state index in [1.54, 1.807) is 4.90 Å². The largest absolute Gasteiger partial charge is 0.354 e.